The fourth-order valence-electron chi connectivity index (χ4n) is 4.43. The molecule has 1 aromatic carbocycles. The van der Waals surface area contributed by atoms with Crippen molar-refractivity contribution in [3.05, 3.63) is 35.6 Å². The van der Waals surface area contributed by atoms with Gasteiger partial charge in [-0.1, -0.05) is 31.9 Å². The van der Waals surface area contributed by atoms with Crippen molar-refractivity contribution in [1.82, 2.24) is 0 Å². The Morgan fingerprint density at radius 1 is 1.06 bits per heavy atom. The van der Waals surface area contributed by atoms with E-state index in [2.05, 4.69) is 6.92 Å². The van der Waals surface area contributed by atoms with Gasteiger partial charge in [0.15, 0.2) is 0 Å². The molecule has 0 saturated heterocycles. The molecule has 0 aromatic heterocycles. The smallest absolute Gasteiger partial charge is 0.123 e. The first-order chi connectivity index (χ1) is 8.78. The van der Waals surface area contributed by atoms with Gasteiger partial charge in [-0.05, 0) is 67.1 Å². The van der Waals surface area contributed by atoms with Crippen LogP contribution in [0, 0.1) is 23.6 Å². The van der Waals surface area contributed by atoms with Gasteiger partial charge < -0.3 is 0 Å². The van der Waals surface area contributed by atoms with Gasteiger partial charge in [-0.25, -0.2) is 4.39 Å². The molecule has 3 rings (SSSR count). The minimum atomic E-state index is -0.105. The van der Waals surface area contributed by atoms with E-state index in [1.165, 1.54) is 44.1 Å². The summed E-state index contributed by atoms with van der Waals surface area (Å²) in [7, 11) is 0. The topological polar surface area (TPSA) is 0 Å². The Balaban J connectivity index is 1.85. The fourth-order valence-corrected chi connectivity index (χ4v) is 4.43. The van der Waals surface area contributed by atoms with Crippen molar-refractivity contribution in [3.63, 3.8) is 0 Å². The number of hydrogen-bond acceptors (Lipinski definition) is 0. The molecule has 1 heteroatoms. The van der Waals surface area contributed by atoms with Crippen LogP contribution < -0.4 is 0 Å². The van der Waals surface area contributed by atoms with Crippen LogP contribution >= 0.6 is 0 Å². The second-order valence-corrected chi connectivity index (χ2v) is 6.27. The molecular weight excluding hydrogens is 223 g/mol. The monoisotopic (exact) mass is 246 g/mol. The summed E-state index contributed by atoms with van der Waals surface area (Å²) >= 11 is 0. The van der Waals surface area contributed by atoms with E-state index in [9.17, 15) is 4.39 Å². The van der Waals surface area contributed by atoms with Crippen LogP contribution in [0.5, 0.6) is 0 Å². The van der Waals surface area contributed by atoms with Crippen molar-refractivity contribution in [3.8, 4) is 0 Å². The van der Waals surface area contributed by atoms with Crippen LogP contribution in [0.2, 0.25) is 0 Å². The SMILES string of the molecule is CCC1CC2CCCC(C1)C2c1ccc(F)cc1. The number of hydrogen-bond donors (Lipinski definition) is 0. The van der Waals surface area contributed by atoms with E-state index in [0.717, 1.165) is 17.8 Å². The predicted octanol–water partition coefficient (Wildman–Crippen LogP) is 5.15. The fraction of sp³-hybridized carbons (Fsp3) is 0.647. The third-order valence-corrected chi connectivity index (χ3v) is 5.27. The summed E-state index contributed by atoms with van der Waals surface area (Å²) in [6.45, 7) is 2.33. The summed E-state index contributed by atoms with van der Waals surface area (Å²) in [6.07, 6.45) is 8.31. The Morgan fingerprint density at radius 3 is 2.22 bits per heavy atom. The van der Waals surface area contributed by atoms with Gasteiger partial charge in [0, 0.05) is 0 Å². The zero-order valence-electron chi connectivity index (χ0n) is 11.2. The summed E-state index contributed by atoms with van der Waals surface area (Å²) < 4.78 is 13.1. The molecule has 2 aliphatic carbocycles. The Hall–Kier alpha value is -0.850. The van der Waals surface area contributed by atoms with Gasteiger partial charge in [-0.3, -0.25) is 0 Å². The third kappa shape index (κ3) is 2.20. The normalized spacial score (nSPS) is 35.4. The number of rotatable bonds is 2. The molecule has 2 atom stereocenters. The molecule has 0 N–H and O–H groups in total. The highest BCUT2D eigenvalue weighted by Crippen LogP contribution is 2.52. The molecule has 0 nitrogen and oxygen atoms in total. The summed E-state index contributed by atoms with van der Waals surface area (Å²) in [4.78, 5) is 0. The first kappa shape index (κ1) is 12.2. The molecule has 0 radical (unpaired) electrons. The maximum Gasteiger partial charge on any atom is 0.123 e. The molecule has 2 fully saturated rings. The minimum Gasteiger partial charge on any atom is -0.207 e. The van der Waals surface area contributed by atoms with Crippen LogP contribution in [0.3, 0.4) is 0 Å². The lowest BCUT2D eigenvalue weighted by Gasteiger charge is -2.46. The lowest BCUT2D eigenvalue weighted by atomic mass is 9.59. The molecule has 2 bridgehead atoms. The third-order valence-electron chi connectivity index (χ3n) is 5.27. The molecule has 2 unspecified atom stereocenters. The molecule has 2 saturated carbocycles. The van der Waals surface area contributed by atoms with Gasteiger partial charge in [0.05, 0.1) is 0 Å². The second kappa shape index (κ2) is 5.03. The maximum absolute atomic E-state index is 13.1. The van der Waals surface area contributed by atoms with E-state index in [1.807, 2.05) is 12.1 Å². The zero-order valence-corrected chi connectivity index (χ0v) is 11.2. The largest absolute Gasteiger partial charge is 0.207 e. The molecule has 0 heterocycles. The Kier molecular flexibility index (Phi) is 3.41. The predicted molar refractivity (Wildman–Crippen MR) is 73.0 cm³/mol. The van der Waals surface area contributed by atoms with Crippen LogP contribution in [0.15, 0.2) is 24.3 Å². The summed E-state index contributed by atoms with van der Waals surface area (Å²) in [5.41, 5.74) is 1.39. The van der Waals surface area contributed by atoms with E-state index in [1.54, 1.807) is 12.1 Å². The zero-order chi connectivity index (χ0) is 12.5. The van der Waals surface area contributed by atoms with Gasteiger partial charge in [-0.15, -0.1) is 0 Å². The molecule has 2 aliphatic rings. The maximum atomic E-state index is 13.1. The number of halogens is 1. The quantitative estimate of drug-likeness (QED) is 0.677. The molecular formula is C17H23F. The lowest BCUT2D eigenvalue weighted by molar-refractivity contribution is 0.102. The molecule has 18 heavy (non-hydrogen) atoms. The van der Waals surface area contributed by atoms with Crippen LogP contribution in [0.1, 0.15) is 56.9 Å². The Morgan fingerprint density at radius 2 is 1.67 bits per heavy atom. The summed E-state index contributed by atoms with van der Waals surface area (Å²) in [6, 6.07) is 7.32. The van der Waals surface area contributed by atoms with Gasteiger partial charge >= 0.3 is 0 Å². The van der Waals surface area contributed by atoms with Crippen molar-refractivity contribution in [2.24, 2.45) is 17.8 Å². The van der Waals surface area contributed by atoms with E-state index in [-0.39, 0.29) is 5.82 Å². The highest BCUT2D eigenvalue weighted by atomic mass is 19.1. The van der Waals surface area contributed by atoms with Crippen molar-refractivity contribution in [1.29, 1.82) is 0 Å². The molecule has 0 spiro atoms. The number of fused-ring (bicyclic) bond motifs is 2. The van der Waals surface area contributed by atoms with Gasteiger partial charge in [-0.2, -0.15) is 0 Å². The van der Waals surface area contributed by atoms with Crippen LogP contribution in [0.4, 0.5) is 4.39 Å². The number of benzene rings is 1. The molecule has 98 valence electrons. The second-order valence-electron chi connectivity index (χ2n) is 6.27. The van der Waals surface area contributed by atoms with E-state index >= 15 is 0 Å². The Labute approximate surface area is 110 Å². The van der Waals surface area contributed by atoms with Crippen LogP contribution in [-0.2, 0) is 0 Å². The molecule has 1 aromatic rings. The highest BCUT2D eigenvalue weighted by molar-refractivity contribution is 5.23. The van der Waals surface area contributed by atoms with Crippen molar-refractivity contribution < 1.29 is 4.39 Å². The van der Waals surface area contributed by atoms with E-state index in [4.69, 9.17) is 0 Å². The van der Waals surface area contributed by atoms with Crippen molar-refractivity contribution in [2.75, 3.05) is 0 Å². The first-order valence-electron chi connectivity index (χ1n) is 7.53. The summed E-state index contributed by atoms with van der Waals surface area (Å²) in [5.74, 6) is 3.26. The van der Waals surface area contributed by atoms with E-state index < -0.39 is 0 Å². The Bertz CT molecular complexity index is 381. The van der Waals surface area contributed by atoms with Crippen LogP contribution in [0.25, 0.3) is 0 Å². The highest BCUT2D eigenvalue weighted by Gasteiger charge is 2.40. The van der Waals surface area contributed by atoms with Gasteiger partial charge in [0.1, 0.15) is 5.82 Å². The molecule has 0 aliphatic heterocycles. The summed E-state index contributed by atoms with van der Waals surface area (Å²) in [5, 5.41) is 0. The van der Waals surface area contributed by atoms with Gasteiger partial charge in [0.2, 0.25) is 0 Å². The first-order valence-corrected chi connectivity index (χ1v) is 7.53. The van der Waals surface area contributed by atoms with Crippen molar-refractivity contribution in [2.45, 2.75) is 51.4 Å². The molecule has 0 amide bonds. The van der Waals surface area contributed by atoms with Crippen molar-refractivity contribution >= 4 is 0 Å². The van der Waals surface area contributed by atoms with Crippen LogP contribution in [-0.4, -0.2) is 0 Å². The van der Waals surface area contributed by atoms with Gasteiger partial charge in [0.25, 0.3) is 0 Å². The minimum absolute atomic E-state index is 0.105. The standard InChI is InChI=1S/C17H23F/c1-2-12-10-14-4-3-5-15(11-12)17(14)13-6-8-16(18)9-7-13/h6-9,12,14-15,17H,2-5,10-11H2,1H3. The lowest BCUT2D eigenvalue weighted by Crippen LogP contribution is -2.34. The average molecular weight is 246 g/mol. The average Bonchev–Trinajstić information content (AvgIpc) is 2.38. The van der Waals surface area contributed by atoms with E-state index in [0.29, 0.717) is 5.92 Å².